The summed E-state index contributed by atoms with van der Waals surface area (Å²) in [4.78, 5) is 51.4. The van der Waals surface area contributed by atoms with E-state index in [0.29, 0.717) is 0 Å². The number of carbonyl (C=O) groups excluding carboxylic acids is 3. The van der Waals surface area contributed by atoms with Crippen molar-refractivity contribution in [2.45, 2.75) is 85.6 Å². The van der Waals surface area contributed by atoms with E-state index in [0.717, 1.165) is 6.07 Å². The molecule has 0 radical (unpaired) electrons. The van der Waals surface area contributed by atoms with Gasteiger partial charge in [0.1, 0.15) is 17.6 Å². The fourth-order valence-electron chi connectivity index (χ4n) is 6.78. The van der Waals surface area contributed by atoms with Crippen molar-refractivity contribution in [3.63, 3.8) is 0 Å². The number of aromatic hydroxyl groups is 2. The number of ether oxygens (including phenoxy) is 4. The fraction of sp³-hybridized carbons (Fsp3) is 0.486. The minimum absolute atomic E-state index is 0.0226. The minimum atomic E-state index is -1.92. The summed E-state index contributed by atoms with van der Waals surface area (Å²) >= 11 is 0. The van der Waals surface area contributed by atoms with Crippen LogP contribution in [-0.2, 0) is 28.5 Å². The molecule has 0 unspecified atom stereocenters. The monoisotopic (exact) mass is 710 g/mol. The lowest BCUT2D eigenvalue weighted by Gasteiger charge is -2.38. The summed E-state index contributed by atoms with van der Waals surface area (Å²) in [5.41, 5.74) is -1.13. The number of phenols is 2. The molecular weight excluding hydrogens is 664 g/mol. The van der Waals surface area contributed by atoms with E-state index in [1.165, 1.54) is 53.2 Å². The standard InChI is InChI=1S/C37H46N2O12/c1-16-11-10-12-17(2)36(46)38-23-15-24(41)26-27(32(23)45)31(44)21(6)34-28(26)35(39-47)37(8,51-34)49-14-13-25(48-9)18(3)33(50-22(7)40)20(5)30(43)19(4)29(16)42/h10-16,18-20,25,29-30,33,41-43,45H,1-9H3,(H,38,46)/b11-10+,14-13+,17-12-/t16-,18+,19+,20+,25-,29-,30+,33+,37-/m0/s1. The second-order valence-corrected chi connectivity index (χ2v) is 13.5. The Kier molecular flexibility index (Phi) is 11.6. The molecule has 5 N–H and O–H groups in total. The average molecular weight is 711 g/mol. The Balaban J connectivity index is 1.89. The number of aliphatic hydroxyl groups excluding tert-OH is 2. The molecule has 0 fully saturated rings. The number of esters is 1. The van der Waals surface area contributed by atoms with Crippen molar-refractivity contribution < 1.29 is 53.8 Å². The van der Waals surface area contributed by atoms with Crippen molar-refractivity contribution in [2.24, 2.45) is 28.8 Å². The van der Waals surface area contributed by atoms with Crippen LogP contribution in [0.2, 0.25) is 0 Å². The molecule has 51 heavy (non-hydrogen) atoms. The van der Waals surface area contributed by atoms with Crippen LogP contribution in [0.5, 0.6) is 11.5 Å². The summed E-state index contributed by atoms with van der Waals surface area (Å²) in [6.07, 6.45) is 3.53. The first-order chi connectivity index (χ1) is 23.9. The number of phenolic OH excluding ortho intramolecular Hbond substituents is 2. The number of hydrogen-bond acceptors (Lipinski definition) is 13. The lowest BCUT2D eigenvalue weighted by molar-refractivity contribution is -0.160. The molecule has 1 aliphatic carbocycles. The molecule has 1 aromatic carbocycles. The second kappa shape index (κ2) is 15.2. The summed E-state index contributed by atoms with van der Waals surface area (Å²) in [5, 5.41) is 50.7. The maximum atomic E-state index is 13.6. The number of anilines is 1. The molecule has 5 rings (SSSR count). The number of amides is 1. The van der Waals surface area contributed by atoms with Gasteiger partial charge in [0.2, 0.25) is 0 Å². The van der Waals surface area contributed by atoms with Crippen molar-refractivity contribution in [1.82, 2.24) is 0 Å². The minimum Gasteiger partial charge on any atom is -0.507 e. The quantitative estimate of drug-likeness (QED) is 0.122. The number of nitrogens with one attached hydrogen (secondary N) is 1. The maximum Gasteiger partial charge on any atom is 0.302 e. The molecule has 5 bridgehead atoms. The predicted molar refractivity (Wildman–Crippen MR) is 186 cm³/mol. The number of allylic oxidation sites excluding steroid dienone is 4. The number of carbonyl (C=O) groups is 3. The lowest BCUT2D eigenvalue weighted by Crippen LogP contribution is -2.46. The van der Waals surface area contributed by atoms with Gasteiger partial charge < -0.3 is 44.7 Å². The number of benzene rings is 1. The SMILES string of the molecule is CO[C@H]1/C=C/O[C@@]2(C)OC3=C(C)C(=O)c4c(O)c(cc(O)c4C3=C2N=O)NC(=O)/C(C)=C\C=C\[C@H](C)[C@H](O)[C@@H](C)[C@@H](O)[C@@H](C)[C@H](OC(C)=O)[C@@H]1C. The molecule has 14 nitrogen and oxygen atoms in total. The van der Waals surface area contributed by atoms with Gasteiger partial charge in [-0.15, -0.1) is 4.91 Å². The van der Waals surface area contributed by atoms with Crippen LogP contribution in [0.4, 0.5) is 5.69 Å². The first kappa shape index (κ1) is 39.0. The van der Waals surface area contributed by atoms with E-state index < -0.39 is 83.0 Å². The molecule has 4 aliphatic rings. The van der Waals surface area contributed by atoms with Crippen molar-refractivity contribution in [3.05, 3.63) is 75.3 Å². The predicted octanol–water partition coefficient (Wildman–Crippen LogP) is 4.99. The highest BCUT2D eigenvalue weighted by Crippen LogP contribution is 2.54. The van der Waals surface area contributed by atoms with E-state index in [1.807, 2.05) is 0 Å². The van der Waals surface area contributed by atoms with Gasteiger partial charge in [0.05, 0.1) is 41.4 Å². The Morgan fingerprint density at radius 2 is 1.67 bits per heavy atom. The highest BCUT2D eigenvalue weighted by atomic mass is 16.7. The van der Waals surface area contributed by atoms with Crippen molar-refractivity contribution in [1.29, 1.82) is 0 Å². The van der Waals surface area contributed by atoms with Crippen molar-refractivity contribution in [3.8, 4) is 11.5 Å². The van der Waals surface area contributed by atoms with E-state index >= 15 is 0 Å². The van der Waals surface area contributed by atoms with Crippen LogP contribution < -0.4 is 5.32 Å². The van der Waals surface area contributed by atoms with E-state index in [4.69, 9.17) is 18.9 Å². The Labute approximate surface area is 296 Å². The van der Waals surface area contributed by atoms with Crippen LogP contribution in [0.25, 0.3) is 5.57 Å². The van der Waals surface area contributed by atoms with E-state index in [9.17, 15) is 39.7 Å². The van der Waals surface area contributed by atoms with Crippen LogP contribution in [-0.4, -0.2) is 75.4 Å². The Bertz CT molecular complexity index is 1760. The number of aliphatic hydroxyl groups is 2. The zero-order valence-electron chi connectivity index (χ0n) is 30.1. The zero-order valence-corrected chi connectivity index (χ0v) is 30.1. The van der Waals surface area contributed by atoms with Gasteiger partial charge in [0.15, 0.2) is 17.2 Å². The molecule has 1 aromatic rings. The van der Waals surface area contributed by atoms with Crippen LogP contribution >= 0.6 is 0 Å². The van der Waals surface area contributed by atoms with Gasteiger partial charge in [-0.2, -0.15) is 0 Å². The zero-order chi connectivity index (χ0) is 38.1. The summed E-state index contributed by atoms with van der Waals surface area (Å²) in [7, 11) is 1.42. The molecule has 14 heteroatoms. The fourth-order valence-corrected chi connectivity index (χ4v) is 6.78. The summed E-state index contributed by atoms with van der Waals surface area (Å²) < 4.78 is 23.4. The third-order valence-corrected chi connectivity index (χ3v) is 9.93. The lowest BCUT2D eigenvalue weighted by atomic mass is 9.78. The molecule has 9 atom stereocenters. The van der Waals surface area contributed by atoms with Crippen LogP contribution in [0.1, 0.15) is 71.3 Å². The summed E-state index contributed by atoms with van der Waals surface area (Å²) in [6, 6.07) is 1.04. The second-order valence-electron chi connectivity index (χ2n) is 13.5. The Morgan fingerprint density at radius 3 is 2.27 bits per heavy atom. The highest BCUT2D eigenvalue weighted by Gasteiger charge is 2.51. The smallest absolute Gasteiger partial charge is 0.302 e. The van der Waals surface area contributed by atoms with E-state index in [2.05, 4.69) is 10.5 Å². The molecular formula is C37H46N2O12. The largest absolute Gasteiger partial charge is 0.507 e. The number of hydrogen-bond donors (Lipinski definition) is 5. The first-order valence-corrected chi connectivity index (χ1v) is 16.6. The van der Waals surface area contributed by atoms with Crippen LogP contribution in [0.15, 0.2) is 64.4 Å². The first-order valence-electron chi connectivity index (χ1n) is 16.6. The van der Waals surface area contributed by atoms with E-state index in [-0.39, 0.29) is 45.0 Å². The molecule has 3 aliphatic heterocycles. The van der Waals surface area contributed by atoms with Gasteiger partial charge >= 0.3 is 5.97 Å². The maximum absolute atomic E-state index is 13.6. The normalized spacial score (nSPS) is 34.1. The highest BCUT2D eigenvalue weighted by molar-refractivity contribution is 6.21. The van der Waals surface area contributed by atoms with Gasteiger partial charge in [-0.3, -0.25) is 14.4 Å². The van der Waals surface area contributed by atoms with E-state index in [1.54, 1.807) is 39.8 Å². The van der Waals surface area contributed by atoms with Gasteiger partial charge in [-0.05, 0) is 25.1 Å². The van der Waals surface area contributed by atoms with Gasteiger partial charge in [-0.1, -0.05) is 45.9 Å². The Morgan fingerprint density at radius 1 is 1.00 bits per heavy atom. The molecule has 1 amide bonds. The molecule has 0 saturated carbocycles. The van der Waals surface area contributed by atoms with Gasteiger partial charge in [0, 0.05) is 67.4 Å². The number of rotatable bonds is 3. The Hall–Kier alpha value is -4.79. The number of nitrogens with zero attached hydrogens (tertiary/aromatic N) is 1. The molecule has 0 spiro atoms. The molecule has 0 aromatic heterocycles. The molecule has 276 valence electrons. The third kappa shape index (κ3) is 7.34. The average Bonchev–Trinajstić information content (AvgIpc) is 3.38. The van der Waals surface area contributed by atoms with Gasteiger partial charge in [0.25, 0.3) is 11.7 Å². The van der Waals surface area contributed by atoms with Crippen LogP contribution in [0, 0.1) is 28.6 Å². The number of ketones is 1. The number of methoxy groups -OCH3 is 1. The molecule has 3 heterocycles. The van der Waals surface area contributed by atoms with Gasteiger partial charge in [-0.25, -0.2) is 0 Å². The number of fused-ring (bicyclic) bond motifs is 14. The molecule has 0 saturated heterocycles. The summed E-state index contributed by atoms with van der Waals surface area (Å²) in [6.45, 7) is 12.4. The third-order valence-electron chi connectivity index (χ3n) is 9.93. The van der Waals surface area contributed by atoms with Crippen molar-refractivity contribution in [2.75, 3.05) is 12.4 Å². The number of nitroso groups, excluding NO2 is 1. The topological polar surface area (TPSA) is 211 Å². The van der Waals surface area contributed by atoms with Crippen LogP contribution in [0.3, 0.4) is 0 Å². The number of Topliss-reactive ketones (excluding diaryl/α,β-unsaturated/α-hetero) is 1. The summed E-state index contributed by atoms with van der Waals surface area (Å²) in [5.74, 6) is -7.65. The van der Waals surface area contributed by atoms with Crippen molar-refractivity contribution >= 4 is 28.9 Å².